The molecule has 128 valence electrons. The molecule has 0 spiro atoms. The number of nitrogens with two attached hydrogens (primary N) is 1. The van der Waals surface area contributed by atoms with Crippen LogP contribution >= 0.6 is 24.8 Å². The molecule has 6 nitrogen and oxygen atoms in total. The van der Waals surface area contributed by atoms with E-state index in [1.165, 1.54) is 6.26 Å². The summed E-state index contributed by atoms with van der Waals surface area (Å²) in [6.45, 7) is 3.87. The van der Waals surface area contributed by atoms with Gasteiger partial charge in [-0.1, -0.05) is 0 Å². The monoisotopic (exact) mass is 360 g/mol. The van der Waals surface area contributed by atoms with Gasteiger partial charge in [0.2, 0.25) is 0 Å². The summed E-state index contributed by atoms with van der Waals surface area (Å²) in [7, 11) is 0. The van der Waals surface area contributed by atoms with Crippen molar-refractivity contribution in [1.82, 2.24) is 14.5 Å². The SMILES string of the molecule is Cc1nccn1CC1CCCN1C(=O)c1coc(CN)c1.Cl.Cl. The highest BCUT2D eigenvalue weighted by molar-refractivity contribution is 5.94. The van der Waals surface area contributed by atoms with Crippen molar-refractivity contribution in [1.29, 1.82) is 0 Å². The Morgan fingerprint density at radius 2 is 2.26 bits per heavy atom. The summed E-state index contributed by atoms with van der Waals surface area (Å²) in [5, 5.41) is 0. The van der Waals surface area contributed by atoms with Gasteiger partial charge in [0.05, 0.1) is 18.2 Å². The second-order valence-electron chi connectivity index (χ2n) is 5.43. The van der Waals surface area contributed by atoms with Gasteiger partial charge in [0.1, 0.15) is 17.8 Å². The highest BCUT2D eigenvalue weighted by Crippen LogP contribution is 2.22. The van der Waals surface area contributed by atoms with Gasteiger partial charge < -0.3 is 19.6 Å². The predicted molar refractivity (Wildman–Crippen MR) is 92.1 cm³/mol. The molecule has 0 radical (unpaired) electrons. The average molecular weight is 361 g/mol. The van der Waals surface area contributed by atoms with Crippen molar-refractivity contribution in [2.24, 2.45) is 5.73 Å². The van der Waals surface area contributed by atoms with Gasteiger partial charge in [0.25, 0.3) is 5.91 Å². The number of likely N-dealkylation sites (tertiary alicyclic amines) is 1. The molecule has 1 aliphatic heterocycles. The fraction of sp³-hybridized carbons (Fsp3) is 0.467. The average Bonchev–Trinajstić information content (AvgIpc) is 3.20. The Hall–Kier alpha value is -1.50. The van der Waals surface area contributed by atoms with Crippen LogP contribution in [-0.4, -0.2) is 32.9 Å². The van der Waals surface area contributed by atoms with Gasteiger partial charge in [0, 0.05) is 25.5 Å². The number of carbonyl (C=O) groups is 1. The maximum absolute atomic E-state index is 12.6. The number of rotatable bonds is 4. The molecule has 0 aliphatic carbocycles. The van der Waals surface area contributed by atoms with Crippen molar-refractivity contribution in [2.75, 3.05) is 6.54 Å². The first kappa shape index (κ1) is 19.5. The van der Waals surface area contributed by atoms with Gasteiger partial charge in [-0.25, -0.2) is 4.98 Å². The molecule has 1 atom stereocenters. The first-order chi connectivity index (χ1) is 10.2. The van der Waals surface area contributed by atoms with Crippen molar-refractivity contribution in [3.05, 3.63) is 41.9 Å². The van der Waals surface area contributed by atoms with E-state index in [4.69, 9.17) is 10.2 Å². The van der Waals surface area contributed by atoms with Gasteiger partial charge >= 0.3 is 0 Å². The number of aromatic nitrogens is 2. The first-order valence-electron chi connectivity index (χ1n) is 7.25. The summed E-state index contributed by atoms with van der Waals surface area (Å²) in [6, 6.07) is 1.95. The summed E-state index contributed by atoms with van der Waals surface area (Å²) < 4.78 is 7.36. The van der Waals surface area contributed by atoms with Gasteiger partial charge in [0.15, 0.2) is 0 Å². The Bertz CT molecular complexity index is 641. The third-order valence-electron chi connectivity index (χ3n) is 4.07. The standard InChI is InChI=1S/C15H20N4O2.2ClH/c1-11-17-4-6-18(11)9-13-3-2-5-19(13)15(20)12-7-14(8-16)21-10-12;;/h4,6-7,10,13H,2-3,5,8-9,16H2,1H3;2*1H. The smallest absolute Gasteiger partial charge is 0.257 e. The van der Waals surface area contributed by atoms with E-state index in [1.54, 1.807) is 12.3 Å². The summed E-state index contributed by atoms with van der Waals surface area (Å²) in [5.74, 6) is 1.64. The van der Waals surface area contributed by atoms with Crippen LogP contribution in [-0.2, 0) is 13.1 Å². The van der Waals surface area contributed by atoms with Crippen LogP contribution in [0.5, 0.6) is 0 Å². The molecule has 0 bridgehead atoms. The Labute approximate surface area is 147 Å². The Kier molecular flexibility index (Phi) is 7.12. The van der Waals surface area contributed by atoms with E-state index in [9.17, 15) is 4.79 Å². The summed E-state index contributed by atoms with van der Waals surface area (Å²) >= 11 is 0. The number of carbonyl (C=O) groups excluding carboxylic acids is 1. The van der Waals surface area contributed by atoms with Gasteiger partial charge in [-0.05, 0) is 25.8 Å². The number of hydrogen-bond donors (Lipinski definition) is 1. The molecule has 2 N–H and O–H groups in total. The molecular formula is C15H22Cl2N4O2. The van der Waals surface area contributed by atoms with Crippen LogP contribution < -0.4 is 5.73 Å². The van der Waals surface area contributed by atoms with Crippen LogP contribution in [0.3, 0.4) is 0 Å². The van der Waals surface area contributed by atoms with Crippen molar-refractivity contribution in [3.63, 3.8) is 0 Å². The number of hydrogen-bond acceptors (Lipinski definition) is 4. The molecule has 1 unspecified atom stereocenters. The lowest BCUT2D eigenvalue weighted by Gasteiger charge is -2.25. The molecule has 23 heavy (non-hydrogen) atoms. The fourth-order valence-corrected chi connectivity index (χ4v) is 2.88. The number of nitrogens with zero attached hydrogens (tertiary/aromatic N) is 3. The molecule has 3 heterocycles. The third kappa shape index (κ3) is 4.07. The third-order valence-corrected chi connectivity index (χ3v) is 4.07. The molecule has 3 rings (SSSR count). The topological polar surface area (TPSA) is 77.3 Å². The summed E-state index contributed by atoms with van der Waals surface area (Å²) in [6.07, 6.45) is 7.31. The van der Waals surface area contributed by atoms with Gasteiger partial charge in [-0.3, -0.25) is 4.79 Å². The summed E-state index contributed by atoms with van der Waals surface area (Å²) in [4.78, 5) is 18.8. The molecular weight excluding hydrogens is 339 g/mol. The van der Waals surface area contributed by atoms with Crippen LogP contribution in [0.1, 0.15) is 34.8 Å². The zero-order valence-electron chi connectivity index (χ0n) is 13.0. The van der Waals surface area contributed by atoms with Gasteiger partial charge in [-0.2, -0.15) is 0 Å². The number of imidazole rings is 1. The number of aryl methyl sites for hydroxylation is 1. The molecule has 0 aromatic carbocycles. The van der Waals surface area contributed by atoms with E-state index in [0.29, 0.717) is 17.9 Å². The lowest BCUT2D eigenvalue weighted by Crippen LogP contribution is -2.38. The van der Waals surface area contributed by atoms with Crippen LogP contribution in [0.25, 0.3) is 0 Å². The normalized spacial score (nSPS) is 16.8. The minimum absolute atomic E-state index is 0. The van der Waals surface area contributed by atoms with Crippen molar-refractivity contribution < 1.29 is 9.21 Å². The Morgan fingerprint density at radius 3 is 2.87 bits per heavy atom. The zero-order chi connectivity index (χ0) is 14.8. The fourth-order valence-electron chi connectivity index (χ4n) is 2.88. The summed E-state index contributed by atoms with van der Waals surface area (Å²) in [5.41, 5.74) is 6.11. The van der Waals surface area contributed by atoms with Crippen molar-refractivity contribution >= 4 is 30.7 Å². The lowest BCUT2D eigenvalue weighted by atomic mass is 10.2. The van der Waals surface area contributed by atoms with Crippen molar-refractivity contribution in [2.45, 2.75) is 38.9 Å². The van der Waals surface area contributed by atoms with E-state index in [-0.39, 0.29) is 36.8 Å². The molecule has 8 heteroatoms. The van der Waals surface area contributed by atoms with Gasteiger partial charge in [-0.15, -0.1) is 24.8 Å². The van der Waals surface area contributed by atoms with Crippen LogP contribution in [0.2, 0.25) is 0 Å². The molecule has 1 aliphatic rings. The maximum Gasteiger partial charge on any atom is 0.257 e. The Balaban J connectivity index is 0.00000132. The van der Waals surface area contributed by atoms with E-state index >= 15 is 0 Å². The highest BCUT2D eigenvalue weighted by Gasteiger charge is 2.30. The van der Waals surface area contributed by atoms with E-state index in [2.05, 4.69) is 9.55 Å². The van der Waals surface area contributed by atoms with E-state index in [0.717, 1.165) is 31.8 Å². The van der Waals surface area contributed by atoms with E-state index in [1.807, 2.05) is 18.0 Å². The zero-order valence-corrected chi connectivity index (χ0v) is 14.6. The number of halogens is 2. The second-order valence-corrected chi connectivity index (χ2v) is 5.43. The molecule has 2 aromatic heterocycles. The largest absolute Gasteiger partial charge is 0.467 e. The predicted octanol–water partition coefficient (Wildman–Crippen LogP) is 2.39. The highest BCUT2D eigenvalue weighted by atomic mass is 35.5. The number of furan rings is 1. The first-order valence-corrected chi connectivity index (χ1v) is 7.25. The van der Waals surface area contributed by atoms with Crippen LogP contribution in [0, 0.1) is 6.92 Å². The Morgan fingerprint density at radius 1 is 1.48 bits per heavy atom. The van der Waals surface area contributed by atoms with E-state index < -0.39 is 0 Å². The maximum atomic E-state index is 12.6. The van der Waals surface area contributed by atoms with Crippen molar-refractivity contribution in [3.8, 4) is 0 Å². The minimum atomic E-state index is 0. The van der Waals surface area contributed by atoms with Crippen LogP contribution in [0.4, 0.5) is 0 Å². The molecule has 1 amide bonds. The quantitative estimate of drug-likeness (QED) is 0.907. The molecule has 1 saturated heterocycles. The second kappa shape index (κ2) is 8.38. The lowest BCUT2D eigenvalue weighted by molar-refractivity contribution is 0.0723. The molecule has 1 fully saturated rings. The minimum Gasteiger partial charge on any atom is -0.467 e. The number of amides is 1. The van der Waals surface area contributed by atoms with Crippen LogP contribution in [0.15, 0.2) is 29.1 Å². The molecule has 0 saturated carbocycles. The molecule has 2 aromatic rings.